The van der Waals surface area contributed by atoms with Crippen molar-refractivity contribution in [3.63, 3.8) is 0 Å². The van der Waals surface area contributed by atoms with Gasteiger partial charge in [0.05, 0.1) is 0 Å². The highest BCUT2D eigenvalue weighted by molar-refractivity contribution is 7.12. The molecule has 3 heteroatoms. The molecule has 0 amide bonds. The number of hydrogen-bond donors (Lipinski definition) is 1. The Bertz CT molecular complexity index is 603. The predicted molar refractivity (Wildman–Crippen MR) is 91.2 cm³/mol. The van der Waals surface area contributed by atoms with Gasteiger partial charge in [-0.1, -0.05) is 30.9 Å². The second-order valence-corrected chi connectivity index (χ2v) is 6.64. The Labute approximate surface area is 131 Å². The standard InChI is InChI=1S/C18H23NOS/c1-5-10-20-18-9-7-6-8-16(18)12-19-14(3)17-11-13(2)21-15(17)4/h5-9,11,14,19H,1,10,12H2,2-4H3. The molecule has 0 bridgehead atoms. The van der Waals surface area contributed by atoms with Crippen molar-refractivity contribution in [2.75, 3.05) is 6.61 Å². The molecule has 2 aromatic rings. The molecule has 0 spiro atoms. The Kier molecular flexibility index (Phi) is 5.59. The van der Waals surface area contributed by atoms with Gasteiger partial charge in [0.1, 0.15) is 12.4 Å². The molecule has 1 aromatic heterocycles. The number of ether oxygens (including phenoxy) is 1. The molecule has 1 N–H and O–H groups in total. The molecule has 0 saturated carbocycles. The van der Waals surface area contributed by atoms with Gasteiger partial charge < -0.3 is 10.1 Å². The van der Waals surface area contributed by atoms with Crippen molar-refractivity contribution in [3.05, 3.63) is 63.9 Å². The molecular weight excluding hydrogens is 278 g/mol. The fraction of sp³-hybridized carbons (Fsp3) is 0.333. The summed E-state index contributed by atoms with van der Waals surface area (Å²) in [5.41, 5.74) is 2.57. The Morgan fingerprint density at radius 1 is 1.33 bits per heavy atom. The van der Waals surface area contributed by atoms with E-state index in [1.165, 1.54) is 20.9 Å². The van der Waals surface area contributed by atoms with E-state index in [1.807, 2.05) is 29.5 Å². The summed E-state index contributed by atoms with van der Waals surface area (Å²) in [5.74, 6) is 0.926. The number of aryl methyl sites for hydroxylation is 2. The Hall–Kier alpha value is -1.58. The second kappa shape index (κ2) is 7.43. The van der Waals surface area contributed by atoms with Crippen LogP contribution in [-0.2, 0) is 6.54 Å². The molecule has 0 saturated heterocycles. The molecule has 0 fully saturated rings. The van der Waals surface area contributed by atoms with Gasteiger partial charge in [0.25, 0.3) is 0 Å². The molecule has 1 atom stereocenters. The largest absolute Gasteiger partial charge is 0.489 e. The van der Waals surface area contributed by atoms with Crippen LogP contribution in [0.4, 0.5) is 0 Å². The first-order valence-electron chi connectivity index (χ1n) is 7.23. The number of thiophene rings is 1. The van der Waals surface area contributed by atoms with Crippen LogP contribution in [0.5, 0.6) is 5.75 Å². The molecule has 21 heavy (non-hydrogen) atoms. The normalized spacial score (nSPS) is 12.1. The van der Waals surface area contributed by atoms with Crippen LogP contribution >= 0.6 is 11.3 Å². The lowest BCUT2D eigenvalue weighted by molar-refractivity contribution is 0.357. The van der Waals surface area contributed by atoms with Crippen molar-refractivity contribution in [1.29, 1.82) is 0 Å². The zero-order chi connectivity index (χ0) is 15.2. The highest BCUT2D eigenvalue weighted by Crippen LogP contribution is 2.27. The summed E-state index contributed by atoms with van der Waals surface area (Å²) in [4.78, 5) is 2.76. The molecule has 1 aromatic carbocycles. The summed E-state index contributed by atoms with van der Waals surface area (Å²) >= 11 is 1.86. The van der Waals surface area contributed by atoms with Crippen LogP contribution < -0.4 is 10.1 Å². The van der Waals surface area contributed by atoms with E-state index in [9.17, 15) is 0 Å². The minimum atomic E-state index is 0.336. The van der Waals surface area contributed by atoms with Gasteiger partial charge in [-0.25, -0.2) is 0 Å². The van der Waals surface area contributed by atoms with Gasteiger partial charge in [0, 0.05) is 27.9 Å². The summed E-state index contributed by atoms with van der Waals surface area (Å²) < 4.78 is 5.70. The molecule has 2 nitrogen and oxygen atoms in total. The van der Waals surface area contributed by atoms with Crippen molar-refractivity contribution < 1.29 is 4.74 Å². The third kappa shape index (κ3) is 4.19. The van der Waals surface area contributed by atoms with E-state index in [0.29, 0.717) is 12.6 Å². The Balaban J connectivity index is 2.02. The monoisotopic (exact) mass is 301 g/mol. The second-order valence-electron chi connectivity index (χ2n) is 5.18. The summed E-state index contributed by atoms with van der Waals surface area (Å²) in [6.07, 6.45) is 1.77. The van der Waals surface area contributed by atoms with Crippen molar-refractivity contribution in [2.45, 2.75) is 33.4 Å². The third-order valence-corrected chi connectivity index (χ3v) is 4.46. The summed E-state index contributed by atoms with van der Waals surface area (Å²) in [7, 11) is 0. The fourth-order valence-electron chi connectivity index (χ4n) is 2.39. The SMILES string of the molecule is C=CCOc1ccccc1CNC(C)c1cc(C)sc1C. The zero-order valence-corrected chi connectivity index (χ0v) is 13.8. The van der Waals surface area contributed by atoms with Crippen LogP contribution in [0.25, 0.3) is 0 Å². The van der Waals surface area contributed by atoms with Gasteiger partial charge in [-0.15, -0.1) is 11.3 Å². The maximum absolute atomic E-state index is 5.70. The quantitative estimate of drug-likeness (QED) is 0.743. The van der Waals surface area contributed by atoms with Crippen LogP contribution in [0.3, 0.4) is 0 Å². The number of nitrogens with one attached hydrogen (secondary N) is 1. The molecule has 112 valence electrons. The molecule has 1 unspecified atom stereocenters. The predicted octanol–water partition coefficient (Wildman–Crippen LogP) is 4.78. The van der Waals surface area contributed by atoms with Crippen molar-refractivity contribution in [2.24, 2.45) is 0 Å². The lowest BCUT2D eigenvalue weighted by Gasteiger charge is -2.16. The smallest absolute Gasteiger partial charge is 0.124 e. The van der Waals surface area contributed by atoms with E-state index in [-0.39, 0.29) is 0 Å². The van der Waals surface area contributed by atoms with Crippen molar-refractivity contribution >= 4 is 11.3 Å². The zero-order valence-electron chi connectivity index (χ0n) is 13.0. The summed E-state index contributed by atoms with van der Waals surface area (Å²) in [5, 5.41) is 3.59. The van der Waals surface area contributed by atoms with Crippen LogP contribution in [0.15, 0.2) is 43.0 Å². The highest BCUT2D eigenvalue weighted by atomic mass is 32.1. The molecule has 0 radical (unpaired) electrons. The van der Waals surface area contributed by atoms with Gasteiger partial charge in [-0.05, 0) is 38.5 Å². The van der Waals surface area contributed by atoms with Gasteiger partial charge in [0.15, 0.2) is 0 Å². The van der Waals surface area contributed by atoms with Crippen LogP contribution in [-0.4, -0.2) is 6.61 Å². The summed E-state index contributed by atoms with van der Waals surface area (Å²) in [6.45, 7) is 11.6. The van der Waals surface area contributed by atoms with Crippen molar-refractivity contribution in [1.82, 2.24) is 5.32 Å². The third-order valence-electron chi connectivity index (χ3n) is 3.47. The average Bonchev–Trinajstić information content (AvgIpc) is 2.82. The first-order chi connectivity index (χ1) is 10.1. The molecule has 0 aliphatic carbocycles. The van der Waals surface area contributed by atoms with E-state index in [1.54, 1.807) is 6.08 Å². The van der Waals surface area contributed by atoms with Gasteiger partial charge in [-0.2, -0.15) is 0 Å². The van der Waals surface area contributed by atoms with Gasteiger partial charge in [-0.3, -0.25) is 0 Å². The fourth-order valence-corrected chi connectivity index (χ4v) is 3.42. The number of rotatable bonds is 7. The molecule has 2 rings (SSSR count). The first kappa shape index (κ1) is 15.8. The van der Waals surface area contributed by atoms with E-state index in [0.717, 1.165) is 12.3 Å². The molecule has 0 aliphatic rings. The lowest BCUT2D eigenvalue weighted by Crippen LogP contribution is -2.18. The van der Waals surface area contributed by atoms with Gasteiger partial charge >= 0.3 is 0 Å². The van der Waals surface area contributed by atoms with E-state index < -0.39 is 0 Å². The first-order valence-corrected chi connectivity index (χ1v) is 8.05. The highest BCUT2D eigenvalue weighted by Gasteiger charge is 2.11. The molecule has 0 aliphatic heterocycles. The van der Waals surface area contributed by atoms with Crippen LogP contribution in [0.2, 0.25) is 0 Å². The molecule has 1 heterocycles. The van der Waals surface area contributed by atoms with Gasteiger partial charge in [0.2, 0.25) is 0 Å². The van der Waals surface area contributed by atoms with E-state index in [2.05, 4.69) is 44.8 Å². The summed E-state index contributed by atoms with van der Waals surface area (Å²) in [6, 6.07) is 10.8. The van der Waals surface area contributed by atoms with E-state index >= 15 is 0 Å². The molecular formula is C18H23NOS. The van der Waals surface area contributed by atoms with Crippen molar-refractivity contribution in [3.8, 4) is 5.75 Å². The van der Waals surface area contributed by atoms with E-state index in [4.69, 9.17) is 4.74 Å². The minimum absolute atomic E-state index is 0.336. The average molecular weight is 301 g/mol. The number of benzene rings is 1. The maximum Gasteiger partial charge on any atom is 0.124 e. The number of para-hydroxylation sites is 1. The maximum atomic E-state index is 5.70. The van der Waals surface area contributed by atoms with Crippen LogP contribution in [0.1, 0.15) is 33.8 Å². The minimum Gasteiger partial charge on any atom is -0.489 e. The van der Waals surface area contributed by atoms with Crippen LogP contribution in [0, 0.1) is 13.8 Å². The Morgan fingerprint density at radius 2 is 2.10 bits per heavy atom. The topological polar surface area (TPSA) is 21.3 Å². The lowest BCUT2D eigenvalue weighted by atomic mass is 10.1. The Morgan fingerprint density at radius 3 is 2.76 bits per heavy atom. The number of hydrogen-bond acceptors (Lipinski definition) is 3.